The van der Waals surface area contributed by atoms with Gasteiger partial charge in [-0.15, -0.1) is 0 Å². The minimum atomic E-state index is -0.600. The van der Waals surface area contributed by atoms with E-state index < -0.39 is 17.3 Å². The maximum atomic E-state index is 15.0. The topological polar surface area (TPSA) is 128 Å². The molecule has 0 saturated heterocycles. The van der Waals surface area contributed by atoms with E-state index in [1.54, 1.807) is 16.8 Å². The van der Waals surface area contributed by atoms with Gasteiger partial charge >= 0.3 is 0 Å². The molecule has 3 heterocycles. The molecule has 1 amide bonds. The molecule has 1 aliphatic heterocycles. The molecule has 0 radical (unpaired) electrons. The number of halogens is 1. The number of nitrogens with one attached hydrogen (secondary N) is 2. The van der Waals surface area contributed by atoms with Crippen LogP contribution in [-0.4, -0.2) is 46.2 Å². The van der Waals surface area contributed by atoms with E-state index >= 15 is 4.39 Å². The molecule has 0 saturated carbocycles. The van der Waals surface area contributed by atoms with Crippen LogP contribution in [0.3, 0.4) is 0 Å². The molecular formula is C31H31FN6O4. The number of allylic oxidation sites excluding steroid dienone is 7. The first kappa shape index (κ1) is 27.3. The van der Waals surface area contributed by atoms with Crippen molar-refractivity contribution in [2.24, 2.45) is 0 Å². The fraction of sp³-hybridized carbons (Fsp3) is 0.258. The van der Waals surface area contributed by atoms with Crippen LogP contribution in [0.5, 0.6) is 5.88 Å². The summed E-state index contributed by atoms with van der Waals surface area (Å²) in [5.74, 6) is 0.995. The third-order valence-corrected chi connectivity index (χ3v) is 7.29. The van der Waals surface area contributed by atoms with Crippen LogP contribution >= 0.6 is 0 Å². The summed E-state index contributed by atoms with van der Waals surface area (Å²) in [6, 6.07) is 2.87. The largest absolute Gasteiger partial charge is 0.473 e. The van der Waals surface area contributed by atoms with Gasteiger partial charge in [0.05, 0.1) is 11.3 Å². The van der Waals surface area contributed by atoms with Gasteiger partial charge < -0.3 is 25.4 Å². The van der Waals surface area contributed by atoms with Crippen LogP contribution in [0, 0.1) is 5.82 Å². The zero-order valence-electron chi connectivity index (χ0n) is 23.4. The van der Waals surface area contributed by atoms with Gasteiger partial charge in [0.15, 0.2) is 0 Å². The molecule has 2 aliphatic carbocycles. The number of carbonyl (C=O) groups is 1. The van der Waals surface area contributed by atoms with Crippen molar-refractivity contribution in [1.82, 2.24) is 19.7 Å². The van der Waals surface area contributed by atoms with Crippen LogP contribution in [0.15, 0.2) is 71.0 Å². The van der Waals surface area contributed by atoms with E-state index in [4.69, 9.17) is 20.3 Å². The van der Waals surface area contributed by atoms with E-state index in [-0.39, 0.29) is 29.4 Å². The number of fused-ring (bicyclic) bond motifs is 5. The number of nitrogens with zero attached hydrogens (tertiary/aromatic N) is 3. The van der Waals surface area contributed by atoms with Gasteiger partial charge in [-0.2, -0.15) is 5.10 Å². The molecule has 3 aliphatic rings. The summed E-state index contributed by atoms with van der Waals surface area (Å²) >= 11 is 0. The van der Waals surface area contributed by atoms with Gasteiger partial charge in [-0.1, -0.05) is 18.2 Å². The van der Waals surface area contributed by atoms with Gasteiger partial charge in [-0.05, 0) is 69.3 Å². The number of hydrogen-bond donors (Lipinski definition) is 3. The Labute approximate surface area is 241 Å². The number of ether oxygens (including phenoxy) is 2. The lowest BCUT2D eigenvalue weighted by Gasteiger charge is -2.23. The van der Waals surface area contributed by atoms with Crippen LogP contribution in [0.4, 0.5) is 15.9 Å². The molecule has 1 aromatic carbocycles. The third-order valence-electron chi connectivity index (χ3n) is 7.29. The zero-order chi connectivity index (χ0) is 29.4. The van der Waals surface area contributed by atoms with Crippen molar-refractivity contribution >= 4 is 34.0 Å². The maximum absolute atomic E-state index is 15.0. The summed E-state index contributed by atoms with van der Waals surface area (Å²) in [5.41, 5.74) is 8.68. The number of likely N-dealkylation sites (N-methyl/N-ethyl adjacent to an activating group) is 1. The molecule has 216 valence electrons. The predicted octanol–water partition coefficient (Wildman–Crippen LogP) is 4.83. The summed E-state index contributed by atoms with van der Waals surface area (Å²) in [6.07, 6.45) is 16.1. The van der Waals surface area contributed by atoms with Gasteiger partial charge in [-0.25, -0.2) is 9.07 Å². The number of hydrogen-bond acceptors (Lipinski definition) is 7. The highest BCUT2D eigenvalue weighted by Crippen LogP contribution is 2.44. The number of amides is 1. The number of rotatable bonds is 7. The predicted molar refractivity (Wildman–Crippen MR) is 160 cm³/mol. The third kappa shape index (κ3) is 5.14. The highest BCUT2D eigenvalue weighted by Gasteiger charge is 2.29. The zero-order valence-corrected chi connectivity index (χ0v) is 23.4. The van der Waals surface area contributed by atoms with E-state index in [1.807, 2.05) is 37.2 Å². The second-order valence-corrected chi connectivity index (χ2v) is 10.5. The maximum Gasteiger partial charge on any atom is 0.264 e. The van der Waals surface area contributed by atoms with Crippen molar-refractivity contribution < 1.29 is 18.7 Å². The lowest BCUT2D eigenvalue weighted by Crippen LogP contribution is -2.18. The molecule has 0 spiro atoms. The number of H-pyrrole nitrogens is 1. The number of aromatic nitrogens is 3. The highest BCUT2D eigenvalue weighted by atomic mass is 19.1. The number of benzene rings is 1. The van der Waals surface area contributed by atoms with E-state index in [0.717, 1.165) is 30.1 Å². The Balaban J connectivity index is 1.38. The SMILES string of the molecule is CN(C)CC=CC(=O)Nc1c(F)ccc2c1COc1[nH]c(=O)c3c(N)n(C4=CC=C(OC5=CCCC=C5)CC4)nc3c1-2. The Kier molecular flexibility index (Phi) is 7.26. The Morgan fingerprint density at radius 1 is 1.29 bits per heavy atom. The van der Waals surface area contributed by atoms with Crippen molar-refractivity contribution in [3.63, 3.8) is 0 Å². The minimum Gasteiger partial charge on any atom is -0.473 e. The van der Waals surface area contributed by atoms with Crippen LogP contribution < -0.4 is 21.3 Å². The summed E-state index contributed by atoms with van der Waals surface area (Å²) in [6.45, 7) is 0.504. The average molecular weight is 571 g/mol. The van der Waals surface area contributed by atoms with E-state index in [2.05, 4.69) is 22.5 Å². The van der Waals surface area contributed by atoms with Gasteiger partial charge in [0.1, 0.15) is 40.7 Å². The summed E-state index contributed by atoms with van der Waals surface area (Å²) < 4.78 is 28.4. The van der Waals surface area contributed by atoms with Crippen LogP contribution in [0.25, 0.3) is 27.7 Å². The van der Waals surface area contributed by atoms with Crippen LogP contribution in [-0.2, 0) is 16.1 Å². The first-order valence-electron chi connectivity index (χ1n) is 13.8. The van der Waals surface area contributed by atoms with Crippen molar-refractivity contribution in [1.29, 1.82) is 0 Å². The van der Waals surface area contributed by atoms with E-state index in [9.17, 15) is 9.59 Å². The molecule has 4 N–H and O–H groups in total. The normalized spacial score (nSPS) is 16.0. The van der Waals surface area contributed by atoms with Gasteiger partial charge in [-0.3, -0.25) is 14.6 Å². The van der Waals surface area contributed by atoms with Crippen molar-refractivity contribution in [2.75, 3.05) is 31.7 Å². The second-order valence-electron chi connectivity index (χ2n) is 10.5. The standard InChI is InChI=1S/C31H31FN6O4/c1-37(2)16-6-9-24(39)34-27-22-17-41-31-25(21(22)14-15-23(27)32)28-26(30(40)35-31)29(33)38(36-28)18-10-12-20(13-11-18)42-19-7-4-3-5-8-19/h4,6-10,12,14-15H,3,5,11,13,16-17,33H2,1-2H3,(H,34,39)(H,35,40). The summed E-state index contributed by atoms with van der Waals surface area (Å²) in [5, 5.41) is 7.61. The fourth-order valence-corrected chi connectivity index (χ4v) is 5.25. The monoisotopic (exact) mass is 570 g/mol. The van der Waals surface area contributed by atoms with Crippen molar-refractivity contribution in [3.05, 3.63) is 87.9 Å². The molecule has 42 heavy (non-hydrogen) atoms. The van der Waals surface area contributed by atoms with Gasteiger partial charge in [0.2, 0.25) is 11.8 Å². The number of nitrogens with two attached hydrogens (primary N) is 1. The fourth-order valence-electron chi connectivity index (χ4n) is 5.25. The molecule has 10 nitrogen and oxygen atoms in total. The summed E-state index contributed by atoms with van der Waals surface area (Å²) in [4.78, 5) is 30.3. The number of carbonyl (C=O) groups excluding carboxylic acids is 1. The molecular weight excluding hydrogens is 539 g/mol. The molecule has 0 unspecified atom stereocenters. The number of aromatic amines is 1. The van der Waals surface area contributed by atoms with Crippen molar-refractivity contribution in [2.45, 2.75) is 32.3 Å². The Morgan fingerprint density at radius 2 is 2.14 bits per heavy atom. The molecule has 0 fully saturated rings. The second kappa shape index (κ2) is 11.2. The molecule has 0 bridgehead atoms. The quantitative estimate of drug-likeness (QED) is 0.347. The van der Waals surface area contributed by atoms with Crippen molar-refractivity contribution in [3.8, 4) is 17.0 Å². The Bertz CT molecular complexity index is 1810. The molecule has 0 atom stereocenters. The smallest absolute Gasteiger partial charge is 0.264 e. The molecule has 3 aromatic rings. The van der Waals surface area contributed by atoms with Crippen LogP contribution in [0.2, 0.25) is 0 Å². The molecule has 6 rings (SSSR count). The van der Waals surface area contributed by atoms with Crippen LogP contribution in [0.1, 0.15) is 31.2 Å². The van der Waals surface area contributed by atoms with E-state index in [0.29, 0.717) is 41.6 Å². The number of anilines is 2. The van der Waals surface area contributed by atoms with E-state index in [1.165, 1.54) is 12.1 Å². The summed E-state index contributed by atoms with van der Waals surface area (Å²) in [7, 11) is 3.76. The van der Waals surface area contributed by atoms with Gasteiger partial charge in [0.25, 0.3) is 5.56 Å². The first-order valence-corrected chi connectivity index (χ1v) is 13.8. The first-order chi connectivity index (χ1) is 20.3. The number of pyridine rings is 1. The lowest BCUT2D eigenvalue weighted by atomic mass is 9.95. The Hall–Kier alpha value is -4.90. The molecule has 2 aromatic heterocycles. The lowest BCUT2D eigenvalue weighted by molar-refractivity contribution is -0.112. The number of nitrogen functional groups attached to an aromatic ring is 1. The van der Waals surface area contributed by atoms with Gasteiger partial charge in [0, 0.05) is 30.3 Å². The average Bonchev–Trinajstić information content (AvgIpc) is 3.32. The molecule has 11 heteroatoms. The Morgan fingerprint density at radius 3 is 2.88 bits per heavy atom. The highest BCUT2D eigenvalue weighted by molar-refractivity contribution is 6.05. The minimum absolute atomic E-state index is 0.0139.